The average molecular weight is 295 g/mol. The topological polar surface area (TPSA) is 76.8 Å². The molecule has 1 aromatic carbocycles. The Balaban J connectivity index is 0.00000180. The van der Waals surface area contributed by atoms with E-state index in [9.17, 15) is 0 Å². The van der Waals surface area contributed by atoms with Crippen LogP contribution in [0.5, 0.6) is 0 Å². The van der Waals surface area contributed by atoms with E-state index in [2.05, 4.69) is 47.5 Å². The molecule has 0 aliphatic heterocycles. The van der Waals surface area contributed by atoms with Gasteiger partial charge in [0.25, 0.3) is 0 Å². The number of benzene rings is 1. The van der Waals surface area contributed by atoms with Gasteiger partial charge in [-0.25, -0.2) is 0 Å². The maximum atomic E-state index is 5.18. The number of hydrogen-bond acceptors (Lipinski definition) is 3. The molecule has 19 heavy (non-hydrogen) atoms. The summed E-state index contributed by atoms with van der Waals surface area (Å²) in [6.45, 7) is 2.07. The van der Waals surface area contributed by atoms with Crippen LogP contribution in [0, 0.1) is 6.92 Å². The summed E-state index contributed by atoms with van der Waals surface area (Å²) in [7, 11) is 0. The number of hydrogen-bond donors (Lipinski definition) is 2. The molecule has 100 valence electrons. The molecule has 0 radical (unpaired) electrons. The fraction of sp³-hybridized carbons (Fsp3) is 0.0769. The van der Waals surface area contributed by atoms with E-state index in [0.717, 1.165) is 4.88 Å². The quantitative estimate of drug-likeness (QED) is 0.519. The normalized spacial score (nSPS) is 10.2. The summed E-state index contributed by atoms with van der Waals surface area (Å²) in [5.41, 5.74) is 12.8. The molecule has 0 fully saturated rings. The Hall–Kier alpha value is -1.85. The van der Waals surface area contributed by atoms with E-state index in [1.54, 1.807) is 17.6 Å². The minimum absolute atomic E-state index is 0. The van der Waals surface area contributed by atoms with Gasteiger partial charge in [0.1, 0.15) is 0 Å². The van der Waals surface area contributed by atoms with Gasteiger partial charge in [0.2, 0.25) is 5.96 Å². The SMILES string of the molecule is Cc1ccc(-c2ccc(/C=N/N=C(N)N)s2)cc1.Cl. The minimum Gasteiger partial charge on any atom is -0.369 e. The van der Waals surface area contributed by atoms with Crippen molar-refractivity contribution >= 4 is 35.9 Å². The molecule has 0 aliphatic rings. The summed E-state index contributed by atoms with van der Waals surface area (Å²) >= 11 is 1.64. The highest BCUT2D eigenvalue weighted by molar-refractivity contribution is 7.17. The molecular weight excluding hydrogens is 280 g/mol. The maximum absolute atomic E-state index is 5.18. The Morgan fingerprint density at radius 3 is 2.42 bits per heavy atom. The predicted octanol–water partition coefficient (Wildman–Crippen LogP) is 2.75. The summed E-state index contributed by atoms with van der Waals surface area (Å²) in [5, 5.41) is 7.35. The lowest BCUT2D eigenvalue weighted by molar-refractivity contribution is 1.22. The first-order chi connectivity index (χ1) is 8.65. The van der Waals surface area contributed by atoms with E-state index < -0.39 is 0 Å². The second kappa shape index (κ2) is 6.92. The molecule has 0 amide bonds. The van der Waals surface area contributed by atoms with Crippen molar-refractivity contribution < 1.29 is 0 Å². The molecule has 1 aromatic heterocycles. The van der Waals surface area contributed by atoms with Gasteiger partial charge in [0, 0.05) is 9.75 Å². The van der Waals surface area contributed by atoms with Crippen LogP contribution >= 0.6 is 23.7 Å². The average Bonchev–Trinajstić information content (AvgIpc) is 2.78. The Labute approximate surface area is 122 Å². The second-order valence-corrected chi connectivity index (χ2v) is 4.95. The van der Waals surface area contributed by atoms with Gasteiger partial charge in [0.15, 0.2) is 0 Å². The standard InChI is InChI=1S/C13H14N4S.ClH/c1-9-2-4-10(5-3-9)12-7-6-11(18-12)8-16-17-13(14)15;/h2-8H,1H3,(H4,14,15,17);1H/b16-8+;. The van der Waals surface area contributed by atoms with Crippen LogP contribution in [0.1, 0.15) is 10.4 Å². The van der Waals surface area contributed by atoms with Crippen molar-refractivity contribution in [3.63, 3.8) is 0 Å². The van der Waals surface area contributed by atoms with E-state index in [-0.39, 0.29) is 18.4 Å². The zero-order valence-electron chi connectivity index (χ0n) is 10.4. The van der Waals surface area contributed by atoms with Crippen molar-refractivity contribution in [2.75, 3.05) is 0 Å². The fourth-order valence-corrected chi connectivity index (χ4v) is 2.33. The van der Waals surface area contributed by atoms with Crippen molar-refractivity contribution in [2.24, 2.45) is 21.7 Å². The van der Waals surface area contributed by atoms with Crippen LogP contribution in [-0.2, 0) is 0 Å². The highest BCUT2D eigenvalue weighted by Gasteiger charge is 2.00. The van der Waals surface area contributed by atoms with Crippen LogP contribution in [0.4, 0.5) is 0 Å². The molecule has 6 heteroatoms. The predicted molar refractivity (Wildman–Crippen MR) is 85.1 cm³/mol. The molecular formula is C13H15ClN4S. The highest BCUT2D eigenvalue weighted by atomic mass is 35.5. The van der Waals surface area contributed by atoms with Crippen molar-refractivity contribution in [3.8, 4) is 10.4 Å². The van der Waals surface area contributed by atoms with Crippen LogP contribution < -0.4 is 11.5 Å². The Bertz CT molecular complexity index is 583. The second-order valence-electron chi connectivity index (χ2n) is 3.84. The summed E-state index contributed by atoms with van der Waals surface area (Å²) in [6, 6.07) is 12.5. The first kappa shape index (κ1) is 15.2. The van der Waals surface area contributed by atoms with Crippen molar-refractivity contribution in [1.82, 2.24) is 0 Å². The number of halogens is 1. The lowest BCUT2D eigenvalue weighted by Crippen LogP contribution is -2.21. The summed E-state index contributed by atoms with van der Waals surface area (Å²) in [4.78, 5) is 2.21. The smallest absolute Gasteiger partial charge is 0.211 e. The van der Waals surface area contributed by atoms with Gasteiger partial charge in [-0.1, -0.05) is 29.8 Å². The van der Waals surface area contributed by atoms with Gasteiger partial charge in [-0.15, -0.1) is 28.8 Å². The van der Waals surface area contributed by atoms with Gasteiger partial charge in [0.05, 0.1) is 6.21 Å². The molecule has 0 saturated heterocycles. The van der Waals surface area contributed by atoms with Gasteiger partial charge in [-0.05, 0) is 24.6 Å². The Morgan fingerprint density at radius 2 is 1.79 bits per heavy atom. The van der Waals surface area contributed by atoms with E-state index in [4.69, 9.17) is 11.5 Å². The van der Waals surface area contributed by atoms with E-state index >= 15 is 0 Å². The van der Waals surface area contributed by atoms with Crippen molar-refractivity contribution in [3.05, 3.63) is 46.8 Å². The Morgan fingerprint density at radius 1 is 1.11 bits per heavy atom. The first-order valence-corrected chi connectivity index (χ1v) is 6.25. The molecule has 0 unspecified atom stereocenters. The monoisotopic (exact) mass is 294 g/mol. The number of nitrogens with two attached hydrogens (primary N) is 2. The minimum atomic E-state index is -0.0402. The van der Waals surface area contributed by atoms with Crippen molar-refractivity contribution in [2.45, 2.75) is 6.92 Å². The zero-order valence-corrected chi connectivity index (χ0v) is 12.0. The molecule has 0 aliphatic carbocycles. The molecule has 4 N–H and O–H groups in total. The highest BCUT2D eigenvalue weighted by Crippen LogP contribution is 2.27. The summed E-state index contributed by atoms with van der Waals surface area (Å²) < 4.78 is 0. The molecule has 0 spiro atoms. The third kappa shape index (κ3) is 4.39. The van der Waals surface area contributed by atoms with Crippen molar-refractivity contribution in [1.29, 1.82) is 0 Å². The van der Waals surface area contributed by atoms with Gasteiger partial charge in [-0.2, -0.15) is 5.10 Å². The molecule has 1 heterocycles. The zero-order chi connectivity index (χ0) is 13.0. The third-order valence-electron chi connectivity index (χ3n) is 2.32. The van der Waals surface area contributed by atoms with Gasteiger partial charge >= 0.3 is 0 Å². The molecule has 0 atom stereocenters. The number of aryl methyl sites for hydroxylation is 1. The maximum Gasteiger partial charge on any atom is 0.211 e. The van der Waals surface area contributed by atoms with E-state index in [1.807, 2.05) is 6.07 Å². The third-order valence-corrected chi connectivity index (χ3v) is 3.39. The van der Waals surface area contributed by atoms with Crippen LogP contribution in [0.3, 0.4) is 0 Å². The fourth-order valence-electron chi connectivity index (χ4n) is 1.45. The summed E-state index contributed by atoms with van der Waals surface area (Å²) in [6.07, 6.45) is 1.64. The molecule has 4 nitrogen and oxygen atoms in total. The van der Waals surface area contributed by atoms with Crippen LogP contribution in [0.25, 0.3) is 10.4 Å². The van der Waals surface area contributed by atoms with Gasteiger partial charge in [-0.3, -0.25) is 0 Å². The molecule has 0 bridgehead atoms. The van der Waals surface area contributed by atoms with Crippen LogP contribution in [0.2, 0.25) is 0 Å². The number of guanidine groups is 1. The molecule has 2 rings (SSSR count). The van der Waals surface area contributed by atoms with Crippen LogP contribution in [-0.4, -0.2) is 12.2 Å². The first-order valence-electron chi connectivity index (χ1n) is 5.44. The largest absolute Gasteiger partial charge is 0.369 e. The van der Waals surface area contributed by atoms with E-state index in [1.165, 1.54) is 16.0 Å². The lowest BCUT2D eigenvalue weighted by atomic mass is 10.1. The van der Waals surface area contributed by atoms with Crippen LogP contribution in [0.15, 0.2) is 46.6 Å². The molecule has 2 aromatic rings. The van der Waals surface area contributed by atoms with E-state index in [0.29, 0.717) is 0 Å². The van der Waals surface area contributed by atoms with Gasteiger partial charge < -0.3 is 11.5 Å². The number of thiophene rings is 1. The number of rotatable bonds is 3. The Kier molecular flexibility index (Phi) is 5.54. The lowest BCUT2D eigenvalue weighted by Gasteiger charge is -1.97. The number of nitrogens with zero attached hydrogens (tertiary/aromatic N) is 2. The molecule has 0 saturated carbocycles. The summed E-state index contributed by atoms with van der Waals surface area (Å²) in [5.74, 6) is -0.0402.